The number of halogens is 1. The molecule has 7 heteroatoms. The Morgan fingerprint density at radius 3 is 2.37 bits per heavy atom. The predicted octanol–water partition coefficient (Wildman–Crippen LogP) is 2.35. The Kier molecular flexibility index (Phi) is 3.53. The fourth-order valence-corrected chi connectivity index (χ4v) is 4.89. The van der Waals surface area contributed by atoms with E-state index in [0.29, 0.717) is 22.6 Å². The number of benzene rings is 1. The van der Waals surface area contributed by atoms with Gasteiger partial charge in [0.15, 0.2) is 0 Å². The van der Waals surface area contributed by atoms with Crippen molar-refractivity contribution in [3.8, 4) is 0 Å². The first-order chi connectivity index (χ1) is 13.0. The number of imide groups is 1. The van der Waals surface area contributed by atoms with Gasteiger partial charge in [-0.05, 0) is 32.8 Å². The molecular weight excluding hydrogens is 349 g/mol. The van der Waals surface area contributed by atoms with Crippen molar-refractivity contribution in [2.45, 2.75) is 45.4 Å². The van der Waals surface area contributed by atoms with E-state index in [0.717, 1.165) is 12.8 Å². The van der Waals surface area contributed by atoms with Crippen LogP contribution in [-0.2, 0) is 20.9 Å². The largest absolute Gasteiger partial charge is 0.373 e. The predicted molar refractivity (Wildman–Crippen MR) is 94.6 cm³/mol. The lowest BCUT2D eigenvalue weighted by molar-refractivity contribution is -0.124. The maximum atomic E-state index is 14.0. The molecule has 0 N–H and O–H groups in total. The molecule has 1 aromatic heterocycles. The minimum atomic E-state index is -0.370. The van der Waals surface area contributed by atoms with Gasteiger partial charge in [0.25, 0.3) is 0 Å². The lowest BCUT2D eigenvalue weighted by Gasteiger charge is -2.18. The second-order valence-corrected chi connectivity index (χ2v) is 7.62. The zero-order chi connectivity index (χ0) is 18.9. The van der Waals surface area contributed by atoms with Crippen LogP contribution in [-0.4, -0.2) is 33.8 Å². The first-order valence-electron chi connectivity index (χ1n) is 9.28. The zero-order valence-electron chi connectivity index (χ0n) is 15.2. The minimum absolute atomic E-state index is 0.143. The highest BCUT2D eigenvalue weighted by Crippen LogP contribution is 2.50. The third-order valence-electron chi connectivity index (χ3n) is 6.13. The molecule has 4 heterocycles. The SMILES string of the molecule is Cc1nn(Cc2ccccc2F)c(C)c1N1C(=O)[C@@H]2[C@@H](C1=O)[C@@H]1CC[C@@H]2O1. The summed E-state index contributed by atoms with van der Waals surface area (Å²) in [6, 6.07) is 6.53. The van der Waals surface area contributed by atoms with Crippen LogP contribution in [0, 0.1) is 31.5 Å². The van der Waals surface area contributed by atoms with Crippen molar-refractivity contribution in [2.24, 2.45) is 11.8 Å². The summed E-state index contributed by atoms with van der Waals surface area (Å²) in [5.74, 6) is -1.42. The number of amides is 2. The van der Waals surface area contributed by atoms with Crippen LogP contribution in [0.3, 0.4) is 0 Å². The molecule has 0 unspecified atom stereocenters. The van der Waals surface area contributed by atoms with Crippen molar-refractivity contribution in [1.82, 2.24) is 9.78 Å². The van der Waals surface area contributed by atoms with Crippen molar-refractivity contribution in [1.29, 1.82) is 0 Å². The average Bonchev–Trinajstić information content (AvgIpc) is 3.37. The highest BCUT2D eigenvalue weighted by Gasteiger charge is 2.63. The van der Waals surface area contributed by atoms with Gasteiger partial charge < -0.3 is 4.74 Å². The van der Waals surface area contributed by atoms with Gasteiger partial charge in [0, 0.05) is 5.56 Å². The van der Waals surface area contributed by atoms with Crippen molar-refractivity contribution in [3.05, 3.63) is 47.0 Å². The lowest BCUT2D eigenvalue weighted by atomic mass is 9.81. The second-order valence-electron chi connectivity index (χ2n) is 7.62. The average molecular weight is 369 g/mol. The Morgan fingerprint density at radius 1 is 1.11 bits per heavy atom. The third-order valence-corrected chi connectivity index (χ3v) is 6.13. The number of carbonyl (C=O) groups is 2. The summed E-state index contributed by atoms with van der Waals surface area (Å²) in [5, 5.41) is 4.48. The van der Waals surface area contributed by atoms with E-state index in [2.05, 4.69) is 5.10 Å². The Balaban J connectivity index is 1.51. The van der Waals surface area contributed by atoms with E-state index in [1.54, 1.807) is 29.8 Å². The van der Waals surface area contributed by atoms with E-state index >= 15 is 0 Å². The molecule has 3 saturated heterocycles. The van der Waals surface area contributed by atoms with Gasteiger partial charge in [-0.25, -0.2) is 9.29 Å². The summed E-state index contributed by atoms with van der Waals surface area (Å²) in [7, 11) is 0. The fraction of sp³-hybridized carbons (Fsp3) is 0.450. The molecule has 1 aromatic carbocycles. The summed E-state index contributed by atoms with van der Waals surface area (Å²) in [6.45, 7) is 3.84. The number of hydrogen-bond donors (Lipinski definition) is 0. The summed E-state index contributed by atoms with van der Waals surface area (Å²) < 4.78 is 21.5. The van der Waals surface area contributed by atoms with Crippen molar-refractivity contribution in [2.75, 3.05) is 4.90 Å². The number of ether oxygens (including phenoxy) is 1. The van der Waals surface area contributed by atoms with Gasteiger partial charge in [0.05, 0.1) is 47.7 Å². The monoisotopic (exact) mass is 369 g/mol. The number of aromatic nitrogens is 2. The molecule has 0 aliphatic carbocycles. The van der Waals surface area contributed by atoms with Gasteiger partial charge in [0.1, 0.15) is 5.82 Å². The topological polar surface area (TPSA) is 64.4 Å². The molecule has 3 aliphatic rings. The van der Waals surface area contributed by atoms with Crippen LogP contribution in [0.2, 0.25) is 0 Å². The Morgan fingerprint density at radius 2 is 1.74 bits per heavy atom. The van der Waals surface area contributed by atoms with Gasteiger partial charge in [-0.1, -0.05) is 18.2 Å². The van der Waals surface area contributed by atoms with Crippen LogP contribution in [0.15, 0.2) is 24.3 Å². The Hall–Kier alpha value is -2.54. The molecule has 27 heavy (non-hydrogen) atoms. The van der Waals surface area contributed by atoms with E-state index < -0.39 is 0 Å². The van der Waals surface area contributed by atoms with Crippen molar-refractivity contribution in [3.63, 3.8) is 0 Å². The van der Waals surface area contributed by atoms with Gasteiger partial charge in [-0.15, -0.1) is 0 Å². The van der Waals surface area contributed by atoms with Gasteiger partial charge >= 0.3 is 0 Å². The molecule has 0 spiro atoms. The number of rotatable bonds is 3. The molecule has 3 fully saturated rings. The molecule has 4 atom stereocenters. The van der Waals surface area contributed by atoms with Crippen LogP contribution in [0.1, 0.15) is 29.8 Å². The molecule has 3 aliphatic heterocycles. The number of anilines is 1. The van der Waals surface area contributed by atoms with Crippen molar-refractivity contribution >= 4 is 17.5 Å². The number of carbonyl (C=O) groups excluding carboxylic acids is 2. The highest BCUT2D eigenvalue weighted by atomic mass is 19.1. The van der Waals surface area contributed by atoms with Crippen LogP contribution >= 0.6 is 0 Å². The van der Waals surface area contributed by atoms with Crippen LogP contribution in [0.4, 0.5) is 10.1 Å². The molecule has 2 amide bonds. The van der Waals surface area contributed by atoms with E-state index in [1.165, 1.54) is 11.0 Å². The molecule has 6 nitrogen and oxygen atoms in total. The second kappa shape index (κ2) is 5.73. The molecular formula is C20H20FN3O3. The molecule has 0 saturated carbocycles. The molecule has 0 radical (unpaired) electrons. The molecule has 140 valence electrons. The van der Waals surface area contributed by atoms with E-state index in [9.17, 15) is 14.0 Å². The smallest absolute Gasteiger partial charge is 0.240 e. The number of hydrogen-bond acceptors (Lipinski definition) is 4. The summed E-state index contributed by atoms with van der Waals surface area (Å²) >= 11 is 0. The quantitative estimate of drug-likeness (QED) is 0.779. The van der Waals surface area contributed by atoms with Crippen molar-refractivity contribution < 1.29 is 18.7 Å². The van der Waals surface area contributed by atoms with Gasteiger partial charge in [-0.3, -0.25) is 14.3 Å². The van der Waals surface area contributed by atoms with Gasteiger partial charge in [-0.2, -0.15) is 5.10 Å². The summed E-state index contributed by atoms with van der Waals surface area (Å²) in [4.78, 5) is 27.4. The first kappa shape index (κ1) is 16.6. The Labute approximate surface area is 155 Å². The van der Waals surface area contributed by atoms with Gasteiger partial charge in [0.2, 0.25) is 11.8 Å². The zero-order valence-corrected chi connectivity index (χ0v) is 15.2. The van der Waals surface area contributed by atoms with Crippen LogP contribution in [0.25, 0.3) is 0 Å². The Bertz CT molecular complexity index is 941. The summed E-state index contributed by atoms with van der Waals surface area (Å²) in [5.41, 5.74) is 2.33. The normalized spacial score (nSPS) is 29.1. The fourth-order valence-electron chi connectivity index (χ4n) is 4.89. The third kappa shape index (κ3) is 2.24. The lowest BCUT2D eigenvalue weighted by Crippen LogP contribution is -2.35. The maximum Gasteiger partial charge on any atom is 0.240 e. The summed E-state index contributed by atoms with van der Waals surface area (Å²) in [6.07, 6.45) is 1.39. The standard InChI is InChI=1S/C20H20FN3O3/c1-10-18(11(2)23(22-10)9-12-5-3-4-6-13(12)21)24-19(25)16-14-7-8-15(27-14)17(16)20(24)26/h3-6,14-17H,7-9H2,1-2H3/t14-,15-,16-,17-/m0/s1. The number of fused-ring (bicyclic) bond motifs is 5. The molecule has 2 aromatic rings. The minimum Gasteiger partial charge on any atom is -0.373 e. The molecule has 5 rings (SSSR count). The number of nitrogens with zero attached hydrogens (tertiary/aromatic N) is 3. The maximum absolute atomic E-state index is 14.0. The van der Waals surface area contributed by atoms with Crippen LogP contribution in [0.5, 0.6) is 0 Å². The highest BCUT2D eigenvalue weighted by molar-refractivity contribution is 6.23. The molecule has 2 bridgehead atoms. The van der Waals surface area contributed by atoms with E-state index in [1.807, 2.05) is 6.92 Å². The van der Waals surface area contributed by atoms with Crippen LogP contribution < -0.4 is 4.90 Å². The first-order valence-corrected chi connectivity index (χ1v) is 9.28. The van der Waals surface area contributed by atoms with E-state index in [4.69, 9.17) is 4.74 Å². The number of aryl methyl sites for hydroxylation is 1. The van der Waals surface area contributed by atoms with E-state index in [-0.39, 0.29) is 48.2 Å².